The first-order chi connectivity index (χ1) is 8.68. The zero-order valence-corrected chi connectivity index (χ0v) is 11.9. The minimum absolute atomic E-state index is 0.181. The van der Waals surface area contributed by atoms with Gasteiger partial charge in [-0.15, -0.1) is 11.3 Å². The van der Waals surface area contributed by atoms with Gasteiger partial charge < -0.3 is 10.2 Å². The molecule has 2 heterocycles. The van der Waals surface area contributed by atoms with Crippen LogP contribution >= 0.6 is 11.3 Å². The molecule has 0 aliphatic carbocycles. The average Bonchev–Trinajstić information content (AvgIpc) is 3.00. The Bertz CT molecular complexity index is 385. The Labute approximate surface area is 112 Å². The van der Waals surface area contributed by atoms with E-state index in [1.54, 1.807) is 11.3 Å². The van der Waals surface area contributed by atoms with Gasteiger partial charge in [0.15, 0.2) is 0 Å². The average molecular weight is 267 g/mol. The van der Waals surface area contributed by atoms with Gasteiger partial charge in [-0.25, -0.2) is 4.98 Å². The van der Waals surface area contributed by atoms with Gasteiger partial charge in [-0.1, -0.05) is 13.3 Å². The van der Waals surface area contributed by atoms with E-state index in [0.29, 0.717) is 6.54 Å². The molecule has 5 heteroatoms. The number of rotatable bonds is 5. The van der Waals surface area contributed by atoms with Crippen molar-refractivity contribution in [3.63, 3.8) is 0 Å². The Morgan fingerprint density at radius 1 is 1.67 bits per heavy atom. The number of carbonyl (C=O) groups excluding carboxylic acids is 1. The van der Waals surface area contributed by atoms with Crippen LogP contribution in [-0.2, 0) is 11.3 Å². The summed E-state index contributed by atoms with van der Waals surface area (Å²) >= 11 is 1.57. The molecule has 4 nitrogen and oxygen atoms in total. The van der Waals surface area contributed by atoms with Crippen molar-refractivity contribution in [1.82, 2.24) is 15.2 Å². The first-order valence-corrected chi connectivity index (χ1v) is 7.45. The summed E-state index contributed by atoms with van der Waals surface area (Å²) in [6, 6.07) is 0. The number of nitrogens with one attached hydrogen (secondary N) is 1. The van der Waals surface area contributed by atoms with Crippen LogP contribution in [0.4, 0.5) is 0 Å². The molecular formula is C13H21N3OS. The van der Waals surface area contributed by atoms with Crippen molar-refractivity contribution in [2.24, 2.45) is 5.41 Å². The first-order valence-electron chi connectivity index (χ1n) is 6.51. The lowest BCUT2D eigenvalue weighted by Crippen LogP contribution is -2.43. The minimum Gasteiger partial charge on any atom is -0.339 e. The summed E-state index contributed by atoms with van der Waals surface area (Å²) < 4.78 is 0. The van der Waals surface area contributed by atoms with Crippen LogP contribution in [0.2, 0.25) is 0 Å². The van der Waals surface area contributed by atoms with E-state index in [0.717, 1.165) is 38.0 Å². The number of carbonyl (C=O) groups is 1. The summed E-state index contributed by atoms with van der Waals surface area (Å²) in [5, 5.41) is 5.33. The van der Waals surface area contributed by atoms with Crippen molar-refractivity contribution in [2.75, 3.05) is 20.1 Å². The molecule has 1 fully saturated rings. The molecule has 0 spiro atoms. The summed E-state index contributed by atoms with van der Waals surface area (Å²) in [6.07, 6.45) is 2.99. The molecule has 2 rings (SSSR count). The quantitative estimate of drug-likeness (QED) is 0.886. The van der Waals surface area contributed by atoms with Crippen LogP contribution in [0.5, 0.6) is 0 Å². The lowest BCUT2D eigenvalue weighted by Gasteiger charge is -2.31. The topological polar surface area (TPSA) is 45.2 Å². The van der Waals surface area contributed by atoms with Crippen molar-refractivity contribution in [2.45, 2.75) is 32.7 Å². The van der Waals surface area contributed by atoms with E-state index in [1.807, 2.05) is 22.8 Å². The van der Waals surface area contributed by atoms with Gasteiger partial charge in [-0.3, -0.25) is 4.79 Å². The van der Waals surface area contributed by atoms with E-state index in [1.165, 1.54) is 0 Å². The van der Waals surface area contributed by atoms with Crippen LogP contribution in [0.15, 0.2) is 10.9 Å². The largest absolute Gasteiger partial charge is 0.339 e. The van der Waals surface area contributed by atoms with Crippen LogP contribution < -0.4 is 5.32 Å². The van der Waals surface area contributed by atoms with Crippen molar-refractivity contribution in [3.05, 3.63) is 16.6 Å². The fourth-order valence-corrected chi connectivity index (χ4v) is 3.31. The molecule has 0 saturated carbocycles. The molecule has 1 atom stereocenters. The van der Waals surface area contributed by atoms with Gasteiger partial charge in [0, 0.05) is 19.0 Å². The van der Waals surface area contributed by atoms with E-state index < -0.39 is 0 Å². The SMILES string of the molecule is CCCC1(C(=O)N(C)Cc2cscn2)CCNC1. The fraction of sp³-hybridized carbons (Fsp3) is 0.692. The molecule has 0 bridgehead atoms. The third kappa shape index (κ3) is 2.72. The summed E-state index contributed by atoms with van der Waals surface area (Å²) in [6.45, 7) is 4.54. The van der Waals surface area contributed by atoms with E-state index in [-0.39, 0.29) is 11.3 Å². The van der Waals surface area contributed by atoms with E-state index in [4.69, 9.17) is 0 Å². The number of hydrogen-bond acceptors (Lipinski definition) is 4. The Morgan fingerprint density at radius 2 is 2.50 bits per heavy atom. The number of aromatic nitrogens is 1. The van der Waals surface area contributed by atoms with Gasteiger partial charge in [-0.2, -0.15) is 0 Å². The highest BCUT2D eigenvalue weighted by atomic mass is 32.1. The Hall–Kier alpha value is -0.940. The van der Waals surface area contributed by atoms with E-state index in [9.17, 15) is 4.79 Å². The summed E-state index contributed by atoms with van der Waals surface area (Å²) in [5.41, 5.74) is 2.61. The molecular weight excluding hydrogens is 246 g/mol. The number of thiazole rings is 1. The van der Waals surface area contributed by atoms with Gasteiger partial charge >= 0.3 is 0 Å². The smallest absolute Gasteiger partial charge is 0.230 e. The van der Waals surface area contributed by atoms with E-state index >= 15 is 0 Å². The van der Waals surface area contributed by atoms with Gasteiger partial charge in [-0.05, 0) is 19.4 Å². The molecule has 1 aromatic rings. The molecule has 1 saturated heterocycles. The molecule has 1 aromatic heterocycles. The molecule has 1 amide bonds. The highest BCUT2D eigenvalue weighted by molar-refractivity contribution is 7.07. The second kappa shape index (κ2) is 5.80. The van der Waals surface area contributed by atoms with Gasteiger partial charge in [0.2, 0.25) is 5.91 Å². The molecule has 1 N–H and O–H groups in total. The standard InChI is InChI=1S/C13H21N3OS/c1-3-4-13(5-6-14-9-13)12(17)16(2)7-11-8-18-10-15-11/h8,10,14H,3-7,9H2,1-2H3. The maximum absolute atomic E-state index is 12.6. The van der Waals surface area contributed by atoms with E-state index in [2.05, 4.69) is 17.2 Å². The molecule has 0 radical (unpaired) electrons. The zero-order valence-electron chi connectivity index (χ0n) is 11.1. The Kier molecular flexibility index (Phi) is 4.35. The van der Waals surface area contributed by atoms with Crippen molar-refractivity contribution >= 4 is 17.2 Å². The summed E-state index contributed by atoms with van der Waals surface area (Å²) in [7, 11) is 1.89. The van der Waals surface area contributed by atoms with Crippen LogP contribution in [0.1, 0.15) is 31.9 Å². The first kappa shape index (κ1) is 13.5. The van der Waals surface area contributed by atoms with Gasteiger partial charge in [0.25, 0.3) is 0 Å². The van der Waals surface area contributed by atoms with Crippen molar-refractivity contribution < 1.29 is 4.79 Å². The third-order valence-corrected chi connectivity index (χ3v) is 4.29. The number of hydrogen-bond donors (Lipinski definition) is 1. The minimum atomic E-state index is -0.181. The second-order valence-electron chi connectivity index (χ2n) is 5.10. The molecule has 0 aromatic carbocycles. The van der Waals surface area contributed by atoms with Crippen molar-refractivity contribution in [3.8, 4) is 0 Å². The number of amides is 1. The Morgan fingerprint density at radius 3 is 3.06 bits per heavy atom. The highest BCUT2D eigenvalue weighted by Crippen LogP contribution is 2.33. The fourth-order valence-electron chi connectivity index (χ4n) is 2.76. The maximum Gasteiger partial charge on any atom is 0.230 e. The predicted octanol–water partition coefficient (Wildman–Crippen LogP) is 1.88. The summed E-state index contributed by atoms with van der Waals surface area (Å²) in [5.74, 6) is 0.266. The van der Waals surface area contributed by atoms with Gasteiger partial charge in [0.05, 0.1) is 23.2 Å². The second-order valence-corrected chi connectivity index (χ2v) is 5.82. The third-order valence-electron chi connectivity index (χ3n) is 3.66. The van der Waals surface area contributed by atoms with Crippen LogP contribution in [-0.4, -0.2) is 35.9 Å². The Balaban J connectivity index is 2.04. The monoisotopic (exact) mass is 267 g/mol. The van der Waals surface area contributed by atoms with Crippen LogP contribution in [0, 0.1) is 5.41 Å². The highest BCUT2D eigenvalue weighted by Gasteiger charge is 2.41. The molecule has 1 unspecified atom stereocenters. The molecule has 100 valence electrons. The van der Waals surface area contributed by atoms with Crippen LogP contribution in [0.3, 0.4) is 0 Å². The zero-order chi connectivity index (χ0) is 13.0. The predicted molar refractivity (Wildman–Crippen MR) is 73.4 cm³/mol. The lowest BCUT2D eigenvalue weighted by atomic mass is 9.81. The molecule has 1 aliphatic rings. The summed E-state index contributed by atoms with van der Waals surface area (Å²) in [4.78, 5) is 18.7. The maximum atomic E-state index is 12.6. The van der Waals surface area contributed by atoms with Gasteiger partial charge in [0.1, 0.15) is 0 Å². The molecule has 1 aliphatic heterocycles. The van der Waals surface area contributed by atoms with Crippen LogP contribution in [0.25, 0.3) is 0 Å². The van der Waals surface area contributed by atoms with Crippen molar-refractivity contribution in [1.29, 1.82) is 0 Å². The number of nitrogens with zero attached hydrogens (tertiary/aromatic N) is 2. The lowest BCUT2D eigenvalue weighted by molar-refractivity contribution is -0.140. The molecule has 18 heavy (non-hydrogen) atoms. The normalized spacial score (nSPS) is 23.2.